The van der Waals surface area contributed by atoms with E-state index in [9.17, 15) is 19.2 Å². The molecular weight excluding hydrogens is 366 g/mol. The zero-order chi connectivity index (χ0) is 20.3. The molecule has 0 saturated carbocycles. The highest BCUT2D eigenvalue weighted by Crippen LogP contribution is 2.19. The van der Waals surface area contributed by atoms with Gasteiger partial charge >= 0.3 is 17.9 Å². The van der Waals surface area contributed by atoms with Crippen LogP contribution in [0, 0.1) is 0 Å². The second-order valence-electron chi connectivity index (χ2n) is 5.44. The number of thioether (sulfide) groups is 1. The first-order chi connectivity index (χ1) is 12.1. The van der Waals surface area contributed by atoms with E-state index < -0.39 is 36.2 Å². The van der Waals surface area contributed by atoms with Crippen molar-refractivity contribution >= 4 is 35.6 Å². The molecule has 0 aliphatic heterocycles. The van der Waals surface area contributed by atoms with E-state index in [1.807, 2.05) is 6.26 Å². The molecule has 0 rings (SSSR count). The monoisotopic (exact) mass is 393 g/mol. The molecule has 0 spiro atoms. The number of amides is 1. The van der Waals surface area contributed by atoms with Crippen LogP contribution in [-0.2, 0) is 38.1 Å². The van der Waals surface area contributed by atoms with Crippen molar-refractivity contribution in [2.75, 3.05) is 19.4 Å². The maximum absolute atomic E-state index is 11.6. The predicted octanol–water partition coefficient (Wildman–Crippen LogP) is 0.643. The molecule has 0 bridgehead atoms. The summed E-state index contributed by atoms with van der Waals surface area (Å²) in [5.41, 5.74) is -0.313. The minimum Gasteiger partial charge on any atom is -0.463 e. The van der Waals surface area contributed by atoms with E-state index in [-0.39, 0.29) is 24.5 Å². The number of carbonyl (C=O) groups is 4. The summed E-state index contributed by atoms with van der Waals surface area (Å²) >= 11 is 1.39. The van der Waals surface area contributed by atoms with Gasteiger partial charge in [0.2, 0.25) is 5.91 Å². The largest absolute Gasteiger partial charge is 0.463 e. The molecular formula is C16H27NO8S. The van der Waals surface area contributed by atoms with Gasteiger partial charge in [0.05, 0.1) is 6.54 Å². The van der Waals surface area contributed by atoms with Crippen LogP contribution in [-0.4, -0.2) is 67.0 Å². The molecule has 0 radical (unpaired) electrons. The Hall–Kier alpha value is -1.81. The molecule has 10 heteroatoms. The quantitative estimate of drug-likeness (QED) is 0.306. The maximum Gasteiger partial charge on any atom is 0.303 e. The van der Waals surface area contributed by atoms with E-state index in [2.05, 4.69) is 5.32 Å². The molecule has 9 nitrogen and oxygen atoms in total. The van der Waals surface area contributed by atoms with Gasteiger partial charge in [-0.15, -0.1) is 11.8 Å². The highest BCUT2D eigenvalue weighted by Gasteiger charge is 2.37. The first-order valence-electron chi connectivity index (χ1n) is 7.97. The summed E-state index contributed by atoms with van der Waals surface area (Å²) < 4.78 is 21.3. The third-order valence-electron chi connectivity index (χ3n) is 3.05. The van der Waals surface area contributed by atoms with Crippen molar-refractivity contribution in [3.8, 4) is 0 Å². The Labute approximate surface area is 157 Å². The molecule has 0 aliphatic rings. The fourth-order valence-electron chi connectivity index (χ4n) is 1.98. The van der Waals surface area contributed by atoms with Gasteiger partial charge in [-0.05, 0) is 13.2 Å². The minimum absolute atomic E-state index is 0.0968. The van der Waals surface area contributed by atoms with Gasteiger partial charge in [-0.2, -0.15) is 0 Å². The van der Waals surface area contributed by atoms with Crippen LogP contribution in [0.1, 0.15) is 34.6 Å². The summed E-state index contributed by atoms with van der Waals surface area (Å²) in [6.45, 7) is 6.38. The number of carbonyl (C=O) groups excluding carboxylic acids is 4. The number of hydrogen-bond acceptors (Lipinski definition) is 9. The lowest BCUT2D eigenvalue weighted by Crippen LogP contribution is -2.51. The molecule has 4 atom stereocenters. The van der Waals surface area contributed by atoms with Crippen LogP contribution >= 0.6 is 11.8 Å². The van der Waals surface area contributed by atoms with Crippen LogP contribution in [0.4, 0.5) is 0 Å². The van der Waals surface area contributed by atoms with Crippen molar-refractivity contribution in [1.82, 2.24) is 5.32 Å². The summed E-state index contributed by atoms with van der Waals surface area (Å²) in [6.07, 6.45) is -1.19. The lowest BCUT2D eigenvalue weighted by atomic mass is 10.1. The predicted molar refractivity (Wildman–Crippen MR) is 94.3 cm³/mol. The SMILES string of the molecule is CSC(C)OC(COC(C)=O)[C@H](OC(C)=O)C(CNC(C)=O)OC(C)=O. The van der Waals surface area contributed by atoms with E-state index in [4.69, 9.17) is 18.9 Å². The van der Waals surface area contributed by atoms with Crippen molar-refractivity contribution in [3.63, 3.8) is 0 Å². The first-order valence-corrected chi connectivity index (χ1v) is 9.26. The molecule has 0 aromatic carbocycles. The third kappa shape index (κ3) is 10.9. The Morgan fingerprint density at radius 2 is 1.50 bits per heavy atom. The molecule has 0 aliphatic carbocycles. The van der Waals surface area contributed by atoms with Crippen LogP contribution in [0.5, 0.6) is 0 Å². The van der Waals surface area contributed by atoms with Crippen molar-refractivity contribution in [3.05, 3.63) is 0 Å². The molecule has 0 aromatic rings. The topological polar surface area (TPSA) is 117 Å². The summed E-state index contributed by atoms with van der Waals surface area (Å²) in [4.78, 5) is 45.4. The van der Waals surface area contributed by atoms with Gasteiger partial charge < -0.3 is 24.3 Å². The Bertz CT molecular complexity index is 499. The Balaban J connectivity index is 5.60. The molecule has 0 fully saturated rings. The number of ether oxygens (including phenoxy) is 4. The van der Waals surface area contributed by atoms with Crippen molar-refractivity contribution in [1.29, 1.82) is 0 Å². The van der Waals surface area contributed by atoms with Gasteiger partial charge in [0.25, 0.3) is 0 Å². The summed E-state index contributed by atoms with van der Waals surface area (Å²) in [5.74, 6) is -2.15. The van der Waals surface area contributed by atoms with E-state index >= 15 is 0 Å². The minimum atomic E-state index is -1.09. The molecule has 0 aromatic heterocycles. The normalized spacial score (nSPS) is 15.2. The van der Waals surface area contributed by atoms with Crippen LogP contribution in [0.3, 0.4) is 0 Å². The fraction of sp³-hybridized carbons (Fsp3) is 0.750. The summed E-state index contributed by atoms with van der Waals surface area (Å²) in [7, 11) is 0. The van der Waals surface area contributed by atoms with Gasteiger partial charge in [0.1, 0.15) is 18.1 Å². The van der Waals surface area contributed by atoms with Gasteiger partial charge in [-0.3, -0.25) is 19.2 Å². The standard InChI is InChI=1S/C16H27NO8S/c1-9(18)17-7-14(23-11(3)20)16(24-12(4)21)15(8-22-10(2)19)25-13(5)26-6/h13-16H,7-8H2,1-6H3,(H,17,18)/t13?,14?,15?,16-/m1/s1. The van der Waals surface area contributed by atoms with Crippen LogP contribution in [0.2, 0.25) is 0 Å². The van der Waals surface area contributed by atoms with Gasteiger partial charge in [-0.25, -0.2) is 0 Å². The van der Waals surface area contributed by atoms with Crippen molar-refractivity contribution < 1.29 is 38.1 Å². The summed E-state index contributed by atoms with van der Waals surface area (Å²) in [6, 6.07) is 0. The van der Waals surface area contributed by atoms with Crippen LogP contribution in [0.15, 0.2) is 0 Å². The lowest BCUT2D eigenvalue weighted by molar-refractivity contribution is -0.185. The van der Waals surface area contributed by atoms with Crippen molar-refractivity contribution in [2.24, 2.45) is 0 Å². The van der Waals surface area contributed by atoms with Crippen LogP contribution in [0.25, 0.3) is 0 Å². The van der Waals surface area contributed by atoms with Gasteiger partial charge in [0, 0.05) is 27.7 Å². The van der Waals surface area contributed by atoms with E-state index in [1.165, 1.54) is 39.5 Å². The molecule has 3 unspecified atom stereocenters. The Kier molecular flexibility index (Phi) is 11.7. The lowest BCUT2D eigenvalue weighted by Gasteiger charge is -2.33. The molecule has 0 saturated heterocycles. The highest BCUT2D eigenvalue weighted by molar-refractivity contribution is 7.99. The smallest absolute Gasteiger partial charge is 0.303 e. The second-order valence-corrected chi connectivity index (χ2v) is 6.57. The van der Waals surface area contributed by atoms with Crippen molar-refractivity contribution in [2.45, 2.75) is 58.4 Å². The number of hydrogen-bond donors (Lipinski definition) is 1. The number of rotatable bonds is 11. The van der Waals surface area contributed by atoms with E-state index in [1.54, 1.807) is 6.92 Å². The Morgan fingerprint density at radius 1 is 0.923 bits per heavy atom. The maximum atomic E-state index is 11.6. The zero-order valence-electron chi connectivity index (χ0n) is 15.9. The third-order valence-corrected chi connectivity index (χ3v) is 3.83. The molecule has 1 amide bonds. The van der Waals surface area contributed by atoms with E-state index in [0.29, 0.717) is 0 Å². The second kappa shape index (κ2) is 12.5. The average molecular weight is 393 g/mol. The summed E-state index contributed by atoms with van der Waals surface area (Å²) in [5, 5.41) is 2.52. The van der Waals surface area contributed by atoms with Gasteiger partial charge in [0.15, 0.2) is 12.2 Å². The Morgan fingerprint density at radius 3 is 1.92 bits per heavy atom. The highest BCUT2D eigenvalue weighted by atomic mass is 32.2. The number of nitrogens with one attached hydrogen (secondary N) is 1. The fourth-order valence-corrected chi connectivity index (χ4v) is 2.23. The zero-order valence-corrected chi connectivity index (χ0v) is 16.7. The first kappa shape index (κ1) is 24.2. The molecule has 26 heavy (non-hydrogen) atoms. The van der Waals surface area contributed by atoms with E-state index in [0.717, 1.165) is 0 Å². The van der Waals surface area contributed by atoms with Gasteiger partial charge in [-0.1, -0.05) is 0 Å². The molecule has 1 N–H and O–H groups in total. The molecule has 150 valence electrons. The van der Waals surface area contributed by atoms with Crippen LogP contribution < -0.4 is 5.32 Å². The number of esters is 3. The average Bonchev–Trinajstić information content (AvgIpc) is 2.52. The molecule has 0 heterocycles.